The number of carbonyl (C=O) groups is 2. The SMILES string of the molecule is CCC(C)P(=O)(C(=O)c1c(C)cc(C(C)(C)C)cc1C)C(=O)c1c(C(F)(F)F)cccc1C(F)(F)F. The van der Waals surface area contributed by atoms with Crippen molar-refractivity contribution in [2.24, 2.45) is 0 Å². The minimum Gasteiger partial charge on any atom is -0.306 e. The first-order valence-electron chi connectivity index (χ1n) is 11.3. The second-order valence-electron chi connectivity index (χ2n) is 9.98. The fourth-order valence-corrected chi connectivity index (χ4v) is 6.83. The Morgan fingerprint density at radius 2 is 1.22 bits per heavy atom. The van der Waals surface area contributed by atoms with Gasteiger partial charge in [0, 0.05) is 11.2 Å². The van der Waals surface area contributed by atoms with Gasteiger partial charge in [0.05, 0.1) is 16.7 Å². The quantitative estimate of drug-likeness (QED) is 0.275. The molecule has 0 saturated heterocycles. The molecule has 2 rings (SSSR count). The second kappa shape index (κ2) is 9.81. The third-order valence-electron chi connectivity index (χ3n) is 6.32. The van der Waals surface area contributed by atoms with Gasteiger partial charge in [-0.05, 0) is 54.5 Å². The normalized spacial score (nSPS) is 15.4. The van der Waals surface area contributed by atoms with E-state index >= 15 is 0 Å². The van der Waals surface area contributed by atoms with Crippen LogP contribution in [0.4, 0.5) is 26.3 Å². The summed E-state index contributed by atoms with van der Waals surface area (Å²) in [5.74, 6) is 0. The van der Waals surface area contributed by atoms with Crippen LogP contribution >= 0.6 is 7.14 Å². The topological polar surface area (TPSA) is 51.2 Å². The Labute approximate surface area is 206 Å². The molecule has 2 aromatic carbocycles. The van der Waals surface area contributed by atoms with E-state index in [0.29, 0.717) is 29.3 Å². The van der Waals surface area contributed by atoms with E-state index in [0.717, 1.165) is 5.56 Å². The maximum Gasteiger partial charge on any atom is 0.417 e. The number of hydrogen-bond donors (Lipinski definition) is 0. The summed E-state index contributed by atoms with van der Waals surface area (Å²) < 4.78 is 96.8. The molecular weight excluding hydrogens is 505 g/mol. The lowest BCUT2D eigenvalue weighted by Gasteiger charge is -2.27. The standard InChI is InChI=1S/C26H29F6O3P/c1-8-16(4)36(35,22(33)20-14(2)12-17(13-15(20)3)24(5,6)7)23(34)21-18(25(27,28)29)10-9-11-19(21)26(30,31)32/h9-13,16H,8H2,1-7H3. The third-order valence-corrected chi connectivity index (χ3v) is 9.58. The summed E-state index contributed by atoms with van der Waals surface area (Å²) in [6.07, 6.45) is -10.8. The van der Waals surface area contributed by atoms with E-state index in [4.69, 9.17) is 0 Å². The Morgan fingerprint density at radius 3 is 1.56 bits per heavy atom. The summed E-state index contributed by atoms with van der Waals surface area (Å²) in [5, 5.41) is 0. The van der Waals surface area contributed by atoms with Crippen LogP contribution in [0.3, 0.4) is 0 Å². The minimum atomic E-state index is -5.35. The average molecular weight is 534 g/mol. The van der Waals surface area contributed by atoms with Crippen molar-refractivity contribution in [2.45, 2.75) is 78.3 Å². The Kier molecular flexibility index (Phi) is 8.12. The van der Waals surface area contributed by atoms with Gasteiger partial charge in [-0.25, -0.2) is 0 Å². The number of hydrogen-bond acceptors (Lipinski definition) is 3. The van der Waals surface area contributed by atoms with Crippen LogP contribution in [0.1, 0.15) is 89.6 Å². The molecule has 0 spiro atoms. The van der Waals surface area contributed by atoms with Crippen molar-refractivity contribution in [3.8, 4) is 0 Å². The zero-order chi connectivity index (χ0) is 28.0. The molecule has 0 radical (unpaired) electrons. The summed E-state index contributed by atoms with van der Waals surface area (Å²) >= 11 is 0. The molecule has 2 aromatic rings. The van der Waals surface area contributed by atoms with Gasteiger partial charge < -0.3 is 4.57 Å². The highest BCUT2D eigenvalue weighted by atomic mass is 31.2. The van der Waals surface area contributed by atoms with Crippen molar-refractivity contribution in [1.29, 1.82) is 0 Å². The summed E-state index contributed by atoms with van der Waals surface area (Å²) in [4.78, 5) is 27.3. The fraction of sp³-hybridized carbons (Fsp3) is 0.462. The minimum absolute atomic E-state index is 0.0809. The van der Waals surface area contributed by atoms with Crippen molar-refractivity contribution in [3.05, 3.63) is 69.3 Å². The smallest absolute Gasteiger partial charge is 0.306 e. The number of carbonyl (C=O) groups excluding carboxylic acids is 2. The number of rotatable bonds is 6. The molecule has 2 atom stereocenters. The number of halogens is 6. The molecule has 36 heavy (non-hydrogen) atoms. The highest BCUT2D eigenvalue weighted by molar-refractivity contribution is 7.95. The Balaban J connectivity index is 2.92. The molecule has 0 saturated carbocycles. The van der Waals surface area contributed by atoms with E-state index in [1.807, 2.05) is 20.8 Å². The van der Waals surface area contributed by atoms with Crippen LogP contribution in [-0.2, 0) is 22.3 Å². The molecule has 0 aliphatic rings. The molecule has 3 nitrogen and oxygen atoms in total. The zero-order valence-corrected chi connectivity index (χ0v) is 22.0. The van der Waals surface area contributed by atoms with Gasteiger partial charge >= 0.3 is 12.4 Å². The molecule has 0 aliphatic heterocycles. The van der Waals surface area contributed by atoms with Crippen LogP contribution in [0, 0.1) is 13.8 Å². The highest BCUT2D eigenvalue weighted by Gasteiger charge is 2.51. The van der Waals surface area contributed by atoms with Gasteiger partial charge in [-0.1, -0.05) is 52.8 Å². The summed E-state index contributed by atoms with van der Waals surface area (Å²) in [7, 11) is -5.02. The summed E-state index contributed by atoms with van der Waals surface area (Å²) in [5.41, 5.74) is -8.97. The van der Waals surface area contributed by atoms with Crippen LogP contribution in [0.15, 0.2) is 30.3 Å². The van der Waals surface area contributed by atoms with E-state index in [-0.39, 0.29) is 17.4 Å². The highest BCUT2D eigenvalue weighted by Crippen LogP contribution is 2.59. The van der Waals surface area contributed by atoms with Crippen molar-refractivity contribution >= 4 is 18.2 Å². The van der Waals surface area contributed by atoms with Gasteiger partial charge in [0.25, 0.3) is 0 Å². The molecule has 10 heteroatoms. The van der Waals surface area contributed by atoms with Gasteiger partial charge in [0.1, 0.15) is 0 Å². The predicted octanol–water partition coefficient (Wildman–Crippen LogP) is 8.78. The maximum absolute atomic E-state index is 14.3. The van der Waals surface area contributed by atoms with Crippen LogP contribution in [-0.4, -0.2) is 16.7 Å². The second-order valence-corrected chi connectivity index (χ2v) is 13.0. The molecule has 0 heterocycles. The largest absolute Gasteiger partial charge is 0.417 e. The van der Waals surface area contributed by atoms with Crippen LogP contribution < -0.4 is 0 Å². The van der Waals surface area contributed by atoms with E-state index in [9.17, 15) is 40.5 Å². The van der Waals surface area contributed by atoms with Crippen LogP contribution in [0.25, 0.3) is 0 Å². The van der Waals surface area contributed by atoms with Crippen LogP contribution in [0.5, 0.6) is 0 Å². The van der Waals surface area contributed by atoms with Gasteiger partial charge in [-0.2, -0.15) is 26.3 Å². The Hall–Kier alpha value is -2.41. The first-order valence-corrected chi connectivity index (χ1v) is 13.0. The molecule has 0 aromatic heterocycles. The average Bonchev–Trinajstić information content (AvgIpc) is 2.74. The number of benzene rings is 2. The number of aryl methyl sites for hydroxylation is 2. The molecule has 0 aliphatic carbocycles. The molecule has 2 unspecified atom stereocenters. The lowest BCUT2D eigenvalue weighted by Crippen LogP contribution is -2.26. The van der Waals surface area contributed by atoms with Crippen LogP contribution in [0.2, 0.25) is 0 Å². The number of alkyl halides is 6. The lowest BCUT2D eigenvalue weighted by atomic mass is 9.84. The molecule has 0 fully saturated rings. The molecule has 0 bridgehead atoms. The fourth-order valence-electron chi connectivity index (χ4n) is 4.07. The third kappa shape index (κ3) is 5.46. The summed E-state index contributed by atoms with van der Waals surface area (Å²) in [6, 6.07) is 4.47. The Bertz CT molecular complexity index is 1180. The molecule has 0 N–H and O–H groups in total. The van der Waals surface area contributed by atoms with Gasteiger partial charge in [0.2, 0.25) is 18.2 Å². The van der Waals surface area contributed by atoms with Crippen molar-refractivity contribution < 1.29 is 40.5 Å². The van der Waals surface area contributed by atoms with E-state index < -0.39 is 52.9 Å². The first kappa shape index (κ1) is 29.8. The first-order chi connectivity index (χ1) is 16.2. The molecule has 198 valence electrons. The van der Waals surface area contributed by atoms with E-state index in [1.54, 1.807) is 12.1 Å². The van der Waals surface area contributed by atoms with Crippen molar-refractivity contribution in [1.82, 2.24) is 0 Å². The summed E-state index contributed by atoms with van der Waals surface area (Å²) in [6.45, 7) is 11.5. The van der Waals surface area contributed by atoms with E-state index in [2.05, 4.69) is 0 Å². The monoisotopic (exact) mass is 534 g/mol. The maximum atomic E-state index is 14.3. The van der Waals surface area contributed by atoms with Gasteiger partial charge in [-0.3, -0.25) is 9.59 Å². The lowest BCUT2D eigenvalue weighted by molar-refractivity contribution is -0.143. The molecular formula is C26H29F6O3P. The van der Waals surface area contributed by atoms with Crippen molar-refractivity contribution in [2.75, 3.05) is 0 Å². The van der Waals surface area contributed by atoms with Gasteiger partial charge in [0.15, 0.2) is 0 Å². The molecule has 0 amide bonds. The Morgan fingerprint density at radius 1 is 0.833 bits per heavy atom. The predicted molar refractivity (Wildman–Crippen MR) is 127 cm³/mol. The van der Waals surface area contributed by atoms with E-state index in [1.165, 1.54) is 27.7 Å². The van der Waals surface area contributed by atoms with Crippen molar-refractivity contribution in [3.63, 3.8) is 0 Å². The van der Waals surface area contributed by atoms with Gasteiger partial charge in [-0.15, -0.1) is 0 Å². The zero-order valence-electron chi connectivity index (χ0n) is 21.1.